The van der Waals surface area contributed by atoms with Gasteiger partial charge in [-0.15, -0.1) is 12.4 Å². The number of benzene rings is 2. The van der Waals surface area contributed by atoms with Crippen molar-refractivity contribution in [1.82, 2.24) is 4.90 Å². The Balaban J connectivity index is 0.00000243. The first-order valence-electron chi connectivity index (χ1n) is 8.60. The van der Waals surface area contributed by atoms with Crippen LogP contribution in [0.15, 0.2) is 48.5 Å². The maximum absolute atomic E-state index is 12.4. The zero-order valence-corrected chi connectivity index (χ0v) is 16.4. The number of anilines is 1. The molecule has 3 rings (SSSR count). The van der Waals surface area contributed by atoms with E-state index in [2.05, 4.69) is 34.5 Å². The minimum Gasteiger partial charge on any atom is -0.330 e. The Morgan fingerprint density at radius 1 is 1.23 bits per heavy atom. The van der Waals surface area contributed by atoms with Crippen LogP contribution in [0.25, 0.3) is 0 Å². The van der Waals surface area contributed by atoms with E-state index in [9.17, 15) is 4.79 Å². The fraction of sp³-hybridized carbons (Fsp3) is 0.350. The van der Waals surface area contributed by atoms with E-state index in [0.717, 1.165) is 18.7 Å². The number of nitrogens with one attached hydrogen (secondary N) is 1. The van der Waals surface area contributed by atoms with Gasteiger partial charge < -0.3 is 11.1 Å². The first-order valence-corrected chi connectivity index (χ1v) is 8.98. The number of carbonyl (C=O) groups excluding carboxylic acids is 1. The lowest BCUT2D eigenvalue weighted by molar-refractivity contribution is -0.117. The van der Waals surface area contributed by atoms with E-state index in [0.29, 0.717) is 35.6 Å². The molecule has 0 saturated carbocycles. The van der Waals surface area contributed by atoms with Crippen LogP contribution < -0.4 is 11.1 Å². The molecule has 0 spiro atoms. The number of amides is 1. The van der Waals surface area contributed by atoms with Crippen molar-refractivity contribution in [3.63, 3.8) is 0 Å². The fourth-order valence-corrected chi connectivity index (χ4v) is 3.80. The van der Waals surface area contributed by atoms with E-state index in [1.807, 2.05) is 31.2 Å². The van der Waals surface area contributed by atoms with Gasteiger partial charge in [-0.3, -0.25) is 9.69 Å². The molecule has 1 aliphatic rings. The summed E-state index contributed by atoms with van der Waals surface area (Å²) in [6, 6.07) is 16.0. The van der Waals surface area contributed by atoms with Gasteiger partial charge in [-0.1, -0.05) is 48.0 Å². The van der Waals surface area contributed by atoms with E-state index >= 15 is 0 Å². The Morgan fingerprint density at radius 2 is 1.96 bits per heavy atom. The lowest BCUT2D eigenvalue weighted by atomic mass is 9.89. The Morgan fingerprint density at radius 3 is 2.62 bits per heavy atom. The van der Waals surface area contributed by atoms with Gasteiger partial charge in [0.1, 0.15) is 0 Å². The highest BCUT2D eigenvalue weighted by Crippen LogP contribution is 2.32. The third-order valence-corrected chi connectivity index (χ3v) is 5.13. The monoisotopic (exact) mass is 393 g/mol. The SMILES string of the molecule is Cc1ccc(NC(=O)CN2C[C@@H](CN)[C@H](c3ccccc3)C2)c(Cl)c1.Cl. The zero-order valence-electron chi connectivity index (χ0n) is 14.8. The molecule has 1 fully saturated rings. The normalized spacial score (nSPS) is 19.8. The molecular weight excluding hydrogens is 369 g/mol. The van der Waals surface area contributed by atoms with E-state index in [1.165, 1.54) is 5.56 Å². The first-order chi connectivity index (χ1) is 12.1. The maximum Gasteiger partial charge on any atom is 0.238 e. The molecule has 140 valence electrons. The molecule has 0 aliphatic carbocycles. The Hall–Kier alpha value is -1.59. The second kappa shape index (κ2) is 9.38. The minimum absolute atomic E-state index is 0. The number of carbonyl (C=O) groups is 1. The highest BCUT2D eigenvalue weighted by molar-refractivity contribution is 6.33. The molecule has 2 aromatic rings. The molecule has 4 nitrogen and oxygen atoms in total. The predicted octanol–water partition coefficient (Wildman–Crippen LogP) is 3.68. The zero-order chi connectivity index (χ0) is 17.8. The summed E-state index contributed by atoms with van der Waals surface area (Å²) >= 11 is 6.19. The van der Waals surface area contributed by atoms with Gasteiger partial charge in [-0.05, 0) is 42.6 Å². The predicted molar refractivity (Wildman–Crippen MR) is 110 cm³/mol. The van der Waals surface area contributed by atoms with Crippen molar-refractivity contribution in [3.05, 3.63) is 64.7 Å². The number of rotatable bonds is 5. The quantitative estimate of drug-likeness (QED) is 0.814. The van der Waals surface area contributed by atoms with Crippen LogP contribution in [0.3, 0.4) is 0 Å². The van der Waals surface area contributed by atoms with E-state index in [4.69, 9.17) is 17.3 Å². The average molecular weight is 394 g/mol. The van der Waals surface area contributed by atoms with Crippen molar-refractivity contribution in [3.8, 4) is 0 Å². The van der Waals surface area contributed by atoms with Gasteiger partial charge in [0.2, 0.25) is 5.91 Å². The first kappa shape index (κ1) is 20.7. The molecule has 0 bridgehead atoms. The van der Waals surface area contributed by atoms with Gasteiger partial charge in [0, 0.05) is 19.0 Å². The summed E-state index contributed by atoms with van der Waals surface area (Å²) in [5.74, 6) is 0.704. The fourth-order valence-electron chi connectivity index (χ4n) is 3.52. The van der Waals surface area contributed by atoms with Crippen LogP contribution in [-0.2, 0) is 4.79 Å². The van der Waals surface area contributed by atoms with Crippen molar-refractivity contribution in [2.24, 2.45) is 11.7 Å². The molecule has 1 aliphatic heterocycles. The summed E-state index contributed by atoms with van der Waals surface area (Å²) in [5, 5.41) is 3.47. The van der Waals surface area contributed by atoms with Crippen molar-refractivity contribution in [2.45, 2.75) is 12.8 Å². The summed E-state index contributed by atoms with van der Waals surface area (Å²) < 4.78 is 0. The van der Waals surface area contributed by atoms with Crippen LogP contribution in [0.1, 0.15) is 17.0 Å². The van der Waals surface area contributed by atoms with Crippen LogP contribution in [0, 0.1) is 12.8 Å². The van der Waals surface area contributed by atoms with E-state index in [-0.39, 0.29) is 18.3 Å². The molecule has 1 saturated heterocycles. The number of aryl methyl sites for hydroxylation is 1. The lowest BCUT2D eigenvalue weighted by Crippen LogP contribution is -2.32. The standard InChI is InChI=1S/C20H24ClN3O.ClH/c1-14-7-8-19(18(21)9-14)23-20(25)13-24-11-16(10-22)17(12-24)15-5-3-2-4-6-15;/h2-9,16-17H,10-13,22H2,1H3,(H,23,25);1H/t16-,17+;/m1./s1. The van der Waals surface area contributed by atoms with Gasteiger partial charge in [0.15, 0.2) is 0 Å². The third kappa shape index (κ3) is 4.98. The molecule has 0 unspecified atom stereocenters. The second-order valence-electron chi connectivity index (χ2n) is 6.74. The van der Waals surface area contributed by atoms with Crippen molar-refractivity contribution < 1.29 is 4.79 Å². The van der Waals surface area contributed by atoms with Gasteiger partial charge in [-0.25, -0.2) is 0 Å². The largest absolute Gasteiger partial charge is 0.330 e. The summed E-state index contributed by atoms with van der Waals surface area (Å²) in [4.78, 5) is 14.6. The molecule has 2 atom stereocenters. The molecule has 1 amide bonds. The smallest absolute Gasteiger partial charge is 0.238 e. The molecule has 3 N–H and O–H groups in total. The van der Waals surface area contributed by atoms with Crippen LogP contribution in [0.5, 0.6) is 0 Å². The Kier molecular flexibility index (Phi) is 7.47. The van der Waals surface area contributed by atoms with Crippen molar-refractivity contribution in [2.75, 3.05) is 31.5 Å². The Bertz CT molecular complexity index is 739. The summed E-state index contributed by atoms with van der Waals surface area (Å²) in [5.41, 5.74) is 8.99. The highest BCUT2D eigenvalue weighted by atomic mass is 35.5. The van der Waals surface area contributed by atoms with Crippen LogP contribution in [-0.4, -0.2) is 37.0 Å². The number of hydrogen-bond donors (Lipinski definition) is 2. The molecule has 6 heteroatoms. The molecular formula is C20H25Cl2N3O. The number of nitrogens with zero attached hydrogens (tertiary/aromatic N) is 1. The lowest BCUT2D eigenvalue weighted by Gasteiger charge is -2.17. The highest BCUT2D eigenvalue weighted by Gasteiger charge is 2.33. The molecule has 1 heterocycles. The summed E-state index contributed by atoms with van der Waals surface area (Å²) in [7, 11) is 0. The van der Waals surface area contributed by atoms with Crippen molar-refractivity contribution in [1.29, 1.82) is 0 Å². The number of halogens is 2. The summed E-state index contributed by atoms with van der Waals surface area (Å²) in [6.45, 7) is 4.63. The van der Waals surface area contributed by atoms with Crippen LogP contribution >= 0.6 is 24.0 Å². The van der Waals surface area contributed by atoms with Gasteiger partial charge in [0.25, 0.3) is 0 Å². The van der Waals surface area contributed by atoms with Gasteiger partial charge in [-0.2, -0.15) is 0 Å². The molecule has 0 radical (unpaired) electrons. The molecule has 26 heavy (non-hydrogen) atoms. The van der Waals surface area contributed by atoms with Crippen molar-refractivity contribution >= 4 is 35.6 Å². The van der Waals surface area contributed by atoms with Crippen LogP contribution in [0.4, 0.5) is 5.69 Å². The topological polar surface area (TPSA) is 58.4 Å². The summed E-state index contributed by atoms with van der Waals surface area (Å²) in [6.07, 6.45) is 0. The van der Waals surface area contributed by atoms with Gasteiger partial charge in [0.05, 0.1) is 17.3 Å². The third-order valence-electron chi connectivity index (χ3n) is 4.81. The maximum atomic E-state index is 12.4. The van der Waals surface area contributed by atoms with Crippen LogP contribution in [0.2, 0.25) is 5.02 Å². The number of nitrogens with two attached hydrogens (primary N) is 1. The average Bonchev–Trinajstić information content (AvgIpc) is 3.01. The van der Waals surface area contributed by atoms with Gasteiger partial charge >= 0.3 is 0 Å². The Labute approximate surface area is 166 Å². The minimum atomic E-state index is -0.0461. The number of hydrogen-bond acceptors (Lipinski definition) is 3. The number of likely N-dealkylation sites (tertiary alicyclic amines) is 1. The van der Waals surface area contributed by atoms with E-state index in [1.54, 1.807) is 0 Å². The molecule has 0 aromatic heterocycles. The molecule has 2 aromatic carbocycles. The van der Waals surface area contributed by atoms with E-state index < -0.39 is 0 Å². The second-order valence-corrected chi connectivity index (χ2v) is 7.15.